The molecule has 0 saturated carbocycles. The largest absolute Gasteiger partial charge is 0.411 e. The van der Waals surface area contributed by atoms with E-state index in [1.807, 2.05) is 12.1 Å². The van der Waals surface area contributed by atoms with E-state index >= 15 is 0 Å². The first kappa shape index (κ1) is 14.7. The molecule has 0 radical (unpaired) electrons. The lowest BCUT2D eigenvalue weighted by Gasteiger charge is -2.39. The molecule has 0 spiro atoms. The highest BCUT2D eigenvalue weighted by atomic mass is 19.4. The van der Waals surface area contributed by atoms with Crippen molar-refractivity contribution in [3.05, 3.63) is 0 Å². The number of piperazine rings is 1. The fourth-order valence-corrected chi connectivity index (χ4v) is 1.71. The molecule has 18 heavy (non-hydrogen) atoms. The SMILES string of the molecule is N#CCN1CCN(CC#N)C(OCC(F)(F)F)C1. The Balaban J connectivity index is 2.55. The third-order valence-electron chi connectivity index (χ3n) is 2.53. The van der Waals surface area contributed by atoms with Gasteiger partial charge in [-0.15, -0.1) is 0 Å². The van der Waals surface area contributed by atoms with Crippen LogP contribution >= 0.6 is 0 Å². The number of alkyl halides is 3. The molecule has 0 N–H and O–H groups in total. The van der Waals surface area contributed by atoms with E-state index in [9.17, 15) is 13.2 Å². The van der Waals surface area contributed by atoms with Crippen LogP contribution in [0.25, 0.3) is 0 Å². The van der Waals surface area contributed by atoms with E-state index in [1.165, 1.54) is 0 Å². The minimum atomic E-state index is -4.39. The number of rotatable bonds is 4. The second-order valence-corrected chi connectivity index (χ2v) is 3.90. The molecule has 0 bridgehead atoms. The summed E-state index contributed by atoms with van der Waals surface area (Å²) in [6.07, 6.45) is -5.19. The van der Waals surface area contributed by atoms with Gasteiger partial charge in [-0.25, -0.2) is 0 Å². The molecule has 1 unspecified atom stereocenters. The fraction of sp³-hybridized carbons (Fsp3) is 0.800. The summed E-state index contributed by atoms with van der Waals surface area (Å²) in [5.74, 6) is 0. The minimum absolute atomic E-state index is 0.0168. The second kappa shape index (κ2) is 6.55. The monoisotopic (exact) mass is 262 g/mol. The van der Waals surface area contributed by atoms with Gasteiger partial charge >= 0.3 is 6.18 Å². The van der Waals surface area contributed by atoms with E-state index in [2.05, 4.69) is 0 Å². The predicted octanol–water partition coefficient (Wildman–Crippen LogP) is 0.556. The lowest BCUT2D eigenvalue weighted by molar-refractivity contribution is -0.209. The zero-order valence-corrected chi connectivity index (χ0v) is 9.65. The molecule has 100 valence electrons. The summed E-state index contributed by atoms with van der Waals surface area (Å²) in [5, 5.41) is 17.2. The van der Waals surface area contributed by atoms with Crippen LogP contribution in [-0.4, -0.2) is 61.5 Å². The molecule has 0 amide bonds. The van der Waals surface area contributed by atoms with E-state index in [-0.39, 0.29) is 19.6 Å². The molecule has 1 aliphatic rings. The summed E-state index contributed by atoms with van der Waals surface area (Å²) in [6.45, 7) is -0.0284. The Hall–Kier alpha value is -1.35. The first-order valence-corrected chi connectivity index (χ1v) is 5.35. The first-order chi connectivity index (χ1) is 8.46. The van der Waals surface area contributed by atoms with Crippen molar-refractivity contribution >= 4 is 0 Å². The highest BCUT2D eigenvalue weighted by molar-refractivity contribution is 4.87. The van der Waals surface area contributed by atoms with E-state index in [1.54, 1.807) is 9.80 Å². The second-order valence-electron chi connectivity index (χ2n) is 3.90. The molecule has 1 fully saturated rings. The maximum Gasteiger partial charge on any atom is 0.411 e. The van der Waals surface area contributed by atoms with Crippen LogP contribution in [-0.2, 0) is 4.74 Å². The lowest BCUT2D eigenvalue weighted by atomic mass is 10.3. The van der Waals surface area contributed by atoms with Crippen molar-refractivity contribution < 1.29 is 17.9 Å². The Morgan fingerprint density at radius 2 is 1.83 bits per heavy atom. The Labute approximate surface area is 103 Å². The number of hydrogen-bond donors (Lipinski definition) is 0. The molecular weight excluding hydrogens is 249 g/mol. The molecule has 1 aliphatic heterocycles. The predicted molar refractivity (Wildman–Crippen MR) is 55.0 cm³/mol. The van der Waals surface area contributed by atoms with Gasteiger partial charge in [0.25, 0.3) is 0 Å². The van der Waals surface area contributed by atoms with E-state index in [0.717, 1.165) is 0 Å². The lowest BCUT2D eigenvalue weighted by Crippen LogP contribution is -2.54. The van der Waals surface area contributed by atoms with Crippen molar-refractivity contribution in [1.82, 2.24) is 9.80 Å². The van der Waals surface area contributed by atoms with Crippen LogP contribution in [0.15, 0.2) is 0 Å². The van der Waals surface area contributed by atoms with Gasteiger partial charge < -0.3 is 4.74 Å². The van der Waals surface area contributed by atoms with Crippen molar-refractivity contribution in [3.8, 4) is 12.1 Å². The summed E-state index contributed by atoms with van der Waals surface area (Å²) < 4.78 is 41.1. The highest BCUT2D eigenvalue weighted by Gasteiger charge is 2.33. The average Bonchev–Trinajstić information content (AvgIpc) is 2.29. The number of hydrogen-bond acceptors (Lipinski definition) is 5. The molecule has 1 rings (SSSR count). The van der Waals surface area contributed by atoms with Gasteiger partial charge in [0, 0.05) is 19.6 Å². The van der Waals surface area contributed by atoms with Crippen molar-refractivity contribution in [3.63, 3.8) is 0 Å². The van der Waals surface area contributed by atoms with Crippen LogP contribution in [0.3, 0.4) is 0 Å². The van der Waals surface area contributed by atoms with Crippen LogP contribution in [0.1, 0.15) is 0 Å². The molecule has 0 aliphatic carbocycles. The third-order valence-corrected chi connectivity index (χ3v) is 2.53. The Kier molecular flexibility index (Phi) is 5.35. The summed E-state index contributed by atoms with van der Waals surface area (Å²) in [5.41, 5.74) is 0. The molecule has 1 saturated heterocycles. The summed E-state index contributed by atoms with van der Waals surface area (Å²) >= 11 is 0. The molecule has 1 atom stereocenters. The zero-order chi connectivity index (χ0) is 13.6. The van der Waals surface area contributed by atoms with E-state index in [4.69, 9.17) is 15.3 Å². The normalized spacial score (nSPS) is 22.4. The molecule has 8 heteroatoms. The molecule has 0 aromatic heterocycles. The topological polar surface area (TPSA) is 63.3 Å². The van der Waals surface area contributed by atoms with Gasteiger partial charge in [-0.2, -0.15) is 23.7 Å². The molecule has 0 aromatic carbocycles. The number of ether oxygens (including phenoxy) is 1. The molecule has 1 heterocycles. The van der Waals surface area contributed by atoms with Crippen molar-refractivity contribution in [2.24, 2.45) is 0 Å². The molecule has 5 nitrogen and oxygen atoms in total. The van der Waals surface area contributed by atoms with Crippen LogP contribution in [0.4, 0.5) is 13.2 Å². The zero-order valence-electron chi connectivity index (χ0n) is 9.65. The summed E-state index contributed by atoms with van der Waals surface area (Å²) in [4.78, 5) is 3.24. The maximum atomic E-state index is 12.1. The van der Waals surface area contributed by atoms with Crippen LogP contribution in [0.5, 0.6) is 0 Å². The van der Waals surface area contributed by atoms with Gasteiger partial charge in [-0.05, 0) is 0 Å². The van der Waals surface area contributed by atoms with Crippen LogP contribution in [0.2, 0.25) is 0 Å². The smallest absolute Gasteiger partial charge is 0.352 e. The summed E-state index contributed by atoms with van der Waals surface area (Å²) in [7, 11) is 0. The number of halogens is 3. The van der Waals surface area contributed by atoms with Gasteiger partial charge in [-0.1, -0.05) is 0 Å². The third kappa shape index (κ3) is 4.88. The summed E-state index contributed by atoms with van der Waals surface area (Å²) in [6, 6.07) is 3.83. The fourth-order valence-electron chi connectivity index (χ4n) is 1.71. The molecule has 0 aromatic rings. The van der Waals surface area contributed by atoms with Crippen molar-refractivity contribution in [1.29, 1.82) is 10.5 Å². The van der Waals surface area contributed by atoms with Crippen LogP contribution < -0.4 is 0 Å². The first-order valence-electron chi connectivity index (χ1n) is 5.35. The Morgan fingerprint density at radius 3 is 2.39 bits per heavy atom. The Morgan fingerprint density at radius 1 is 1.17 bits per heavy atom. The van der Waals surface area contributed by atoms with Crippen molar-refractivity contribution in [2.45, 2.75) is 12.4 Å². The van der Waals surface area contributed by atoms with Crippen molar-refractivity contribution in [2.75, 3.05) is 39.3 Å². The van der Waals surface area contributed by atoms with Gasteiger partial charge in [-0.3, -0.25) is 9.80 Å². The number of nitriles is 2. The highest BCUT2D eigenvalue weighted by Crippen LogP contribution is 2.18. The van der Waals surface area contributed by atoms with Gasteiger partial charge in [0.05, 0.1) is 25.2 Å². The minimum Gasteiger partial charge on any atom is -0.352 e. The maximum absolute atomic E-state index is 12.1. The van der Waals surface area contributed by atoms with Crippen LogP contribution in [0, 0.1) is 22.7 Å². The van der Waals surface area contributed by atoms with Gasteiger partial charge in [0.1, 0.15) is 12.8 Å². The number of nitrogens with zero attached hydrogens (tertiary/aromatic N) is 4. The standard InChI is InChI=1S/C10H13F3N4O/c11-10(12,13)8-18-9-7-16(3-1-14)5-6-17(9)4-2-15/h9H,3-8H2. The van der Waals surface area contributed by atoms with Gasteiger partial charge in [0.2, 0.25) is 0 Å². The quantitative estimate of drug-likeness (QED) is 0.692. The molecular formula is C10H13F3N4O. The average molecular weight is 262 g/mol. The van der Waals surface area contributed by atoms with E-state index < -0.39 is 19.0 Å². The Bertz CT molecular complexity index is 347. The van der Waals surface area contributed by atoms with Gasteiger partial charge in [0.15, 0.2) is 0 Å². The van der Waals surface area contributed by atoms with E-state index in [0.29, 0.717) is 13.1 Å².